The van der Waals surface area contributed by atoms with Gasteiger partial charge in [-0.2, -0.15) is 19.0 Å². The minimum atomic E-state index is -3.75. The van der Waals surface area contributed by atoms with Crippen molar-refractivity contribution in [3.8, 4) is 11.1 Å². The van der Waals surface area contributed by atoms with Gasteiger partial charge in [-0.3, -0.25) is 18.9 Å². The highest BCUT2D eigenvalue weighted by molar-refractivity contribution is 7.92. The molecule has 1 aliphatic heterocycles. The van der Waals surface area contributed by atoms with Gasteiger partial charge in [0.15, 0.2) is 5.82 Å². The van der Waals surface area contributed by atoms with Crippen molar-refractivity contribution in [1.82, 2.24) is 29.9 Å². The molecule has 8 rings (SSSR count). The number of para-hydroxylation sites is 1. The zero-order valence-corrected chi connectivity index (χ0v) is 31.9. The number of nitrogens with one attached hydrogen (secondary N) is 2. The maximum Gasteiger partial charge on any atom is 0.295 e. The van der Waals surface area contributed by atoms with Crippen molar-refractivity contribution in [1.29, 1.82) is 0 Å². The summed E-state index contributed by atoms with van der Waals surface area (Å²) in [5.41, 5.74) is -2.84. The maximum atomic E-state index is 16.0. The quantitative estimate of drug-likeness (QED) is 0.136. The molecule has 0 radical (unpaired) electrons. The van der Waals surface area contributed by atoms with Gasteiger partial charge in [0.1, 0.15) is 35.4 Å². The Balaban J connectivity index is 1.25. The first-order valence-electron chi connectivity index (χ1n) is 18.1. The molecule has 2 aromatic carbocycles. The smallest absolute Gasteiger partial charge is 0.295 e. The van der Waals surface area contributed by atoms with Crippen LogP contribution in [0.25, 0.3) is 22.0 Å². The van der Waals surface area contributed by atoms with E-state index in [2.05, 4.69) is 20.2 Å². The van der Waals surface area contributed by atoms with Crippen LogP contribution in [0.3, 0.4) is 0 Å². The molecule has 1 saturated heterocycles. The number of sulfonamides is 1. The molecule has 4 heterocycles. The van der Waals surface area contributed by atoms with E-state index in [0.717, 1.165) is 18.4 Å². The van der Waals surface area contributed by atoms with E-state index in [-0.39, 0.29) is 55.0 Å². The lowest BCUT2D eigenvalue weighted by molar-refractivity contribution is -0.159. The highest BCUT2D eigenvalue weighted by atomic mass is 32.2. The molecule has 12 nitrogen and oxygen atoms in total. The van der Waals surface area contributed by atoms with Gasteiger partial charge < -0.3 is 15.3 Å². The van der Waals surface area contributed by atoms with E-state index in [1.54, 1.807) is 49.2 Å². The summed E-state index contributed by atoms with van der Waals surface area (Å²) in [5.74, 6) is -6.72. The average molecular weight is 817 g/mol. The standard InChI is InChI=1S/C38H38F6N8O4S/c1-36(54)17-51(18-36)27-9-8-22(23-6-5-7-24-32(23)50(3)48-35(24)49-57(4,55)56)30(46-27)26(14-19-12-20(39)15-21(40)13-19)45-28(53)16-52-33-29(31(47-52)34(41)42)25-10-11-37(25,2)38(33,43)44/h5-9,12-13,15,25-26,34,54H,10-11,14,16-18H2,1-4H3,(H,45,53)(H,48,49)/t25-,26+,37-/m1/s1. The Bertz CT molecular complexity index is 2550. The Morgan fingerprint density at radius 2 is 1.72 bits per heavy atom. The number of hydrogen-bond acceptors (Lipinski definition) is 8. The Kier molecular flexibility index (Phi) is 8.95. The minimum absolute atomic E-state index is 0.0416. The third kappa shape index (κ3) is 6.57. The summed E-state index contributed by atoms with van der Waals surface area (Å²) in [4.78, 5) is 20.8. The third-order valence-corrected chi connectivity index (χ3v) is 11.9. The van der Waals surface area contributed by atoms with E-state index in [1.165, 1.54) is 11.6 Å². The number of alkyl halides is 4. The molecule has 5 aromatic rings. The molecule has 302 valence electrons. The number of amides is 1. The lowest BCUT2D eigenvalue weighted by atomic mass is 9.60. The lowest BCUT2D eigenvalue weighted by Crippen LogP contribution is -2.60. The summed E-state index contributed by atoms with van der Waals surface area (Å²) in [6.45, 7) is 2.51. The van der Waals surface area contributed by atoms with Crippen molar-refractivity contribution in [2.24, 2.45) is 12.5 Å². The highest BCUT2D eigenvalue weighted by Crippen LogP contribution is 2.71. The molecule has 2 fully saturated rings. The first-order valence-corrected chi connectivity index (χ1v) is 20.0. The van der Waals surface area contributed by atoms with E-state index in [0.29, 0.717) is 38.6 Å². The van der Waals surface area contributed by atoms with Gasteiger partial charge in [-0.15, -0.1) is 0 Å². The normalized spacial score (nSPS) is 21.2. The van der Waals surface area contributed by atoms with Crippen molar-refractivity contribution >= 4 is 38.5 Å². The second-order valence-corrected chi connectivity index (χ2v) is 17.5. The van der Waals surface area contributed by atoms with Crippen molar-refractivity contribution in [2.45, 2.75) is 69.6 Å². The van der Waals surface area contributed by atoms with Gasteiger partial charge >= 0.3 is 0 Å². The van der Waals surface area contributed by atoms with Crippen molar-refractivity contribution in [3.63, 3.8) is 0 Å². The van der Waals surface area contributed by atoms with Crippen LogP contribution in [0.2, 0.25) is 0 Å². The predicted molar refractivity (Wildman–Crippen MR) is 197 cm³/mol. The molecule has 19 heteroatoms. The van der Waals surface area contributed by atoms with Crippen molar-refractivity contribution in [2.75, 3.05) is 29.0 Å². The number of aromatic nitrogens is 5. The molecule has 0 unspecified atom stereocenters. The second kappa shape index (κ2) is 13.2. The number of carbonyl (C=O) groups is 1. The van der Waals surface area contributed by atoms with Crippen LogP contribution < -0.4 is 14.9 Å². The SMILES string of the molecule is Cn1nc(NS(C)(=O)=O)c2cccc(-c3ccc(N4CC(C)(O)C4)nc3[C@H](Cc3cc(F)cc(F)c3)NC(=O)Cn3nc(C(F)F)c4c3C(F)(F)[C@]3(C)CC[C@H]43)c21. The minimum Gasteiger partial charge on any atom is -0.386 e. The molecule has 2 aliphatic carbocycles. The van der Waals surface area contributed by atoms with Gasteiger partial charge in [-0.25, -0.2) is 31.0 Å². The Labute approximate surface area is 322 Å². The van der Waals surface area contributed by atoms with Crippen LogP contribution in [0.15, 0.2) is 48.5 Å². The second-order valence-electron chi connectivity index (χ2n) is 15.8. The van der Waals surface area contributed by atoms with E-state index in [4.69, 9.17) is 4.98 Å². The molecule has 1 saturated carbocycles. The van der Waals surface area contributed by atoms with Gasteiger partial charge in [-0.05, 0) is 68.0 Å². The molecular formula is C38H38F6N8O4S. The van der Waals surface area contributed by atoms with Crippen LogP contribution in [-0.4, -0.2) is 68.9 Å². The predicted octanol–water partition coefficient (Wildman–Crippen LogP) is 6.08. The summed E-state index contributed by atoms with van der Waals surface area (Å²) >= 11 is 0. The summed E-state index contributed by atoms with van der Waals surface area (Å²) in [5, 5.41) is 21.9. The summed E-state index contributed by atoms with van der Waals surface area (Å²) in [7, 11) is -2.15. The number of pyridine rings is 1. The zero-order chi connectivity index (χ0) is 41.0. The van der Waals surface area contributed by atoms with Gasteiger partial charge in [0, 0.05) is 53.7 Å². The number of carbonyl (C=O) groups excluding carboxylic acids is 1. The number of aryl methyl sites for hydroxylation is 1. The van der Waals surface area contributed by atoms with Crippen LogP contribution in [0.4, 0.5) is 38.0 Å². The van der Waals surface area contributed by atoms with E-state index in [9.17, 15) is 35.9 Å². The maximum absolute atomic E-state index is 16.0. The van der Waals surface area contributed by atoms with Crippen molar-refractivity contribution in [3.05, 3.63) is 88.4 Å². The molecule has 57 heavy (non-hydrogen) atoms. The topological polar surface area (TPSA) is 147 Å². The number of hydrogen-bond donors (Lipinski definition) is 3. The summed E-state index contributed by atoms with van der Waals surface area (Å²) in [6, 6.07) is 9.94. The Hall–Kier alpha value is -5.17. The molecule has 1 amide bonds. The number of benzene rings is 2. The number of halogens is 6. The van der Waals surface area contributed by atoms with E-state index >= 15 is 8.78 Å². The van der Waals surface area contributed by atoms with Crippen LogP contribution >= 0.6 is 0 Å². The fourth-order valence-electron chi connectivity index (χ4n) is 8.71. The first kappa shape index (κ1) is 38.7. The largest absolute Gasteiger partial charge is 0.386 e. The van der Waals surface area contributed by atoms with E-state index in [1.807, 2.05) is 0 Å². The van der Waals surface area contributed by atoms with Gasteiger partial charge in [0.2, 0.25) is 15.9 Å². The molecular weight excluding hydrogens is 779 g/mol. The fraction of sp³-hybridized carbons (Fsp3) is 0.421. The van der Waals surface area contributed by atoms with Gasteiger partial charge in [-0.1, -0.05) is 19.1 Å². The number of aliphatic hydroxyl groups is 1. The van der Waals surface area contributed by atoms with Crippen molar-refractivity contribution < 1.29 is 44.7 Å². The molecule has 3 aliphatic rings. The van der Waals surface area contributed by atoms with Crippen LogP contribution in [0.5, 0.6) is 0 Å². The van der Waals surface area contributed by atoms with Crippen LogP contribution in [-0.2, 0) is 40.8 Å². The van der Waals surface area contributed by atoms with Crippen LogP contribution in [0.1, 0.15) is 73.3 Å². The molecule has 3 atom stereocenters. The number of β-amino-alcohol motifs (C(OH)–C–C–N with tert-alkyl or cyclic N) is 1. The number of fused-ring (bicyclic) bond motifs is 4. The number of rotatable bonds is 11. The van der Waals surface area contributed by atoms with Gasteiger partial charge in [0.05, 0.1) is 29.1 Å². The first-order chi connectivity index (χ1) is 26.7. The lowest BCUT2D eigenvalue weighted by Gasteiger charge is -2.45. The fourth-order valence-corrected chi connectivity index (χ4v) is 9.21. The number of nitrogens with zero attached hydrogens (tertiary/aromatic N) is 6. The average Bonchev–Trinajstić information content (AvgIpc) is 3.64. The Morgan fingerprint density at radius 3 is 2.33 bits per heavy atom. The summed E-state index contributed by atoms with van der Waals surface area (Å²) in [6.07, 6.45) is -2.09. The monoisotopic (exact) mass is 816 g/mol. The third-order valence-electron chi connectivity index (χ3n) is 11.4. The summed E-state index contributed by atoms with van der Waals surface area (Å²) < 4.78 is 119. The molecule has 3 N–H and O–H groups in total. The van der Waals surface area contributed by atoms with Crippen LogP contribution in [0, 0.1) is 17.0 Å². The highest BCUT2D eigenvalue weighted by Gasteiger charge is 2.70. The zero-order valence-electron chi connectivity index (χ0n) is 31.1. The Morgan fingerprint density at radius 1 is 1.02 bits per heavy atom. The van der Waals surface area contributed by atoms with Gasteiger partial charge in [0.25, 0.3) is 12.3 Å². The number of anilines is 2. The molecule has 0 spiro atoms. The molecule has 0 bridgehead atoms. The molecule has 3 aromatic heterocycles. The van der Waals surface area contributed by atoms with E-state index < -0.39 is 80.8 Å².